The Bertz CT molecular complexity index is 668. The minimum atomic E-state index is -4.53. The molecule has 3 heterocycles. The zero-order valence-electron chi connectivity index (χ0n) is 10.3. The number of nitrogens with one attached hydrogen (secondary N) is 1. The van der Waals surface area contributed by atoms with Crippen molar-refractivity contribution in [3.8, 4) is 0 Å². The number of aromatic carboxylic acids is 1. The van der Waals surface area contributed by atoms with Crippen LogP contribution in [0.4, 0.5) is 19.1 Å². The van der Waals surface area contributed by atoms with Gasteiger partial charge < -0.3 is 10.4 Å². The summed E-state index contributed by atoms with van der Waals surface area (Å²) in [6, 6.07) is 0.989. The first-order valence-electron chi connectivity index (χ1n) is 5.92. The van der Waals surface area contributed by atoms with Crippen molar-refractivity contribution in [3.63, 3.8) is 0 Å². The van der Waals surface area contributed by atoms with E-state index >= 15 is 0 Å². The molecule has 3 rings (SSSR count). The summed E-state index contributed by atoms with van der Waals surface area (Å²) in [4.78, 5) is 15.2. The number of halogens is 3. The molecule has 112 valence electrons. The van der Waals surface area contributed by atoms with Gasteiger partial charge in [0.2, 0.25) is 5.95 Å². The molecule has 0 bridgehead atoms. The third-order valence-corrected chi connectivity index (χ3v) is 4.13. The second-order valence-corrected chi connectivity index (χ2v) is 5.49. The van der Waals surface area contributed by atoms with Crippen LogP contribution in [0.25, 0.3) is 0 Å². The maximum absolute atomic E-state index is 13.2. The monoisotopic (exact) mass is 318 g/mol. The van der Waals surface area contributed by atoms with E-state index in [1.807, 2.05) is 0 Å². The first-order chi connectivity index (χ1) is 9.86. The Labute approximate surface area is 120 Å². The number of alkyl halides is 3. The van der Waals surface area contributed by atoms with Crippen LogP contribution in [0.15, 0.2) is 17.5 Å². The van der Waals surface area contributed by atoms with Gasteiger partial charge >= 0.3 is 12.1 Å². The van der Waals surface area contributed by atoms with Crippen molar-refractivity contribution in [1.29, 1.82) is 0 Å². The minimum absolute atomic E-state index is 0.181. The molecule has 0 saturated carbocycles. The van der Waals surface area contributed by atoms with Gasteiger partial charge in [-0.3, -0.25) is 0 Å². The number of rotatable bonds is 2. The fourth-order valence-electron chi connectivity index (χ4n) is 2.22. The van der Waals surface area contributed by atoms with Crippen LogP contribution in [0.2, 0.25) is 0 Å². The van der Waals surface area contributed by atoms with Gasteiger partial charge in [0.25, 0.3) is 5.82 Å². The van der Waals surface area contributed by atoms with E-state index in [2.05, 4.69) is 15.4 Å². The lowest BCUT2D eigenvalue weighted by Gasteiger charge is -2.31. The highest BCUT2D eigenvalue weighted by Crippen LogP contribution is 2.43. The van der Waals surface area contributed by atoms with Crippen molar-refractivity contribution >= 4 is 23.3 Å². The van der Waals surface area contributed by atoms with Crippen LogP contribution in [0.1, 0.15) is 34.0 Å². The lowest BCUT2D eigenvalue weighted by atomic mass is 10.0. The summed E-state index contributed by atoms with van der Waals surface area (Å²) in [6.07, 6.45) is -4.80. The van der Waals surface area contributed by atoms with Gasteiger partial charge in [-0.25, -0.2) is 9.48 Å². The number of anilines is 1. The summed E-state index contributed by atoms with van der Waals surface area (Å²) in [5.41, 5.74) is 0. The number of thiophene rings is 1. The van der Waals surface area contributed by atoms with Crippen LogP contribution in [0.5, 0.6) is 0 Å². The zero-order valence-corrected chi connectivity index (χ0v) is 11.1. The second-order valence-electron chi connectivity index (χ2n) is 4.51. The first kappa shape index (κ1) is 13.9. The highest BCUT2D eigenvalue weighted by atomic mass is 32.1. The predicted molar refractivity (Wildman–Crippen MR) is 67.4 cm³/mol. The van der Waals surface area contributed by atoms with Gasteiger partial charge in [-0.1, -0.05) is 6.07 Å². The first-order valence-corrected chi connectivity index (χ1v) is 6.80. The molecule has 0 saturated heterocycles. The van der Waals surface area contributed by atoms with Gasteiger partial charge in [-0.2, -0.15) is 18.2 Å². The van der Waals surface area contributed by atoms with Crippen molar-refractivity contribution in [1.82, 2.24) is 14.8 Å². The average Bonchev–Trinajstić information content (AvgIpc) is 3.05. The molecular weight excluding hydrogens is 309 g/mol. The predicted octanol–water partition coefficient (Wildman–Crippen LogP) is 2.70. The maximum Gasteiger partial charge on any atom is 0.411 e. The highest BCUT2D eigenvalue weighted by Gasteiger charge is 2.47. The van der Waals surface area contributed by atoms with E-state index in [4.69, 9.17) is 5.11 Å². The molecular formula is C11H9F3N4O2S. The zero-order chi connectivity index (χ0) is 15.2. The van der Waals surface area contributed by atoms with Crippen molar-refractivity contribution in [2.24, 2.45) is 0 Å². The summed E-state index contributed by atoms with van der Waals surface area (Å²) in [5, 5.41) is 16.8. The molecule has 1 aliphatic rings. The summed E-state index contributed by atoms with van der Waals surface area (Å²) in [6.45, 7) is 0. The molecule has 2 atom stereocenters. The van der Waals surface area contributed by atoms with E-state index in [0.717, 1.165) is 4.88 Å². The molecule has 0 spiro atoms. The van der Waals surface area contributed by atoms with Gasteiger partial charge in [0.05, 0.1) is 6.04 Å². The van der Waals surface area contributed by atoms with Crippen LogP contribution in [-0.4, -0.2) is 32.0 Å². The number of hydrogen-bond donors (Lipinski definition) is 2. The van der Waals surface area contributed by atoms with Crippen LogP contribution in [-0.2, 0) is 0 Å². The molecule has 0 aliphatic carbocycles. The standard InChI is InChI=1S/C11H9F3N4O2S/c12-11(13,14)7-4-5(6-2-1-3-21-6)15-10-16-8(9(19)20)17-18(7)10/h1-3,5,7H,4H2,(H,19,20)(H,15,16,17)/t5-,7+/m0/s1. The largest absolute Gasteiger partial charge is 0.475 e. The van der Waals surface area contributed by atoms with Crippen LogP contribution in [0, 0.1) is 0 Å². The Morgan fingerprint density at radius 1 is 1.52 bits per heavy atom. The third-order valence-electron chi connectivity index (χ3n) is 3.14. The molecule has 21 heavy (non-hydrogen) atoms. The van der Waals surface area contributed by atoms with Gasteiger partial charge in [-0.05, 0) is 11.4 Å². The number of nitrogens with zero attached hydrogens (tertiary/aromatic N) is 3. The SMILES string of the molecule is O=C(O)c1nc2n(n1)[C@@H](C(F)(F)F)C[C@@H](c1cccs1)N2. The average molecular weight is 318 g/mol. The van der Waals surface area contributed by atoms with Crippen molar-refractivity contribution in [2.45, 2.75) is 24.7 Å². The van der Waals surface area contributed by atoms with Crippen LogP contribution in [0.3, 0.4) is 0 Å². The lowest BCUT2D eigenvalue weighted by Crippen LogP contribution is -2.35. The van der Waals surface area contributed by atoms with E-state index in [9.17, 15) is 18.0 Å². The summed E-state index contributed by atoms with van der Waals surface area (Å²) in [7, 11) is 0. The van der Waals surface area contributed by atoms with Gasteiger partial charge in [0, 0.05) is 11.3 Å². The van der Waals surface area contributed by atoms with Crippen LogP contribution >= 0.6 is 11.3 Å². The highest BCUT2D eigenvalue weighted by molar-refractivity contribution is 7.10. The van der Waals surface area contributed by atoms with E-state index in [-0.39, 0.29) is 12.4 Å². The Hall–Kier alpha value is -2.10. The maximum atomic E-state index is 13.2. The molecule has 0 radical (unpaired) electrons. The topological polar surface area (TPSA) is 80.0 Å². The Morgan fingerprint density at radius 3 is 2.86 bits per heavy atom. The van der Waals surface area contributed by atoms with Crippen molar-refractivity contribution in [2.75, 3.05) is 5.32 Å². The van der Waals surface area contributed by atoms with Gasteiger partial charge in [0.15, 0.2) is 6.04 Å². The smallest absolute Gasteiger partial charge is 0.411 e. The molecule has 1 aliphatic heterocycles. The fourth-order valence-corrected chi connectivity index (χ4v) is 3.01. The Morgan fingerprint density at radius 2 is 2.29 bits per heavy atom. The molecule has 10 heteroatoms. The third kappa shape index (κ3) is 2.46. The van der Waals surface area contributed by atoms with Crippen molar-refractivity contribution in [3.05, 3.63) is 28.2 Å². The quantitative estimate of drug-likeness (QED) is 0.890. The molecule has 2 aromatic heterocycles. The summed E-state index contributed by atoms with van der Waals surface area (Å²) < 4.78 is 40.2. The normalized spacial score (nSPS) is 21.7. The Balaban J connectivity index is 2.03. The van der Waals surface area contributed by atoms with E-state index in [1.54, 1.807) is 17.5 Å². The second kappa shape index (κ2) is 4.72. The number of hydrogen-bond acceptors (Lipinski definition) is 5. The number of aromatic nitrogens is 3. The number of fused-ring (bicyclic) bond motifs is 1. The van der Waals surface area contributed by atoms with Crippen LogP contribution < -0.4 is 5.32 Å². The van der Waals surface area contributed by atoms with E-state index in [0.29, 0.717) is 4.68 Å². The molecule has 6 nitrogen and oxygen atoms in total. The molecule has 0 amide bonds. The van der Waals surface area contributed by atoms with Crippen molar-refractivity contribution < 1.29 is 23.1 Å². The number of carboxylic acids is 1. The van der Waals surface area contributed by atoms with E-state index < -0.39 is 30.1 Å². The Kier molecular flexibility index (Phi) is 3.12. The summed E-state index contributed by atoms with van der Waals surface area (Å²) in [5.74, 6) is -2.30. The lowest BCUT2D eigenvalue weighted by molar-refractivity contribution is -0.173. The molecule has 0 unspecified atom stereocenters. The summed E-state index contributed by atoms with van der Waals surface area (Å²) >= 11 is 1.33. The van der Waals surface area contributed by atoms with Gasteiger partial charge in [-0.15, -0.1) is 16.4 Å². The minimum Gasteiger partial charge on any atom is -0.475 e. The number of carboxylic acid groups (broad SMARTS) is 1. The molecule has 0 fully saturated rings. The van der Waals surface area contributed by atoms with E-state index in [1.165, 1.54) is 11.3 Å². The molecule has 2 aromatic rings. The fraction of sp³-hybridized carbons (Fsp3) is 0.364. The van der Waals surface area contributed by atoms with Gasteiger partial charge in [0.1, 0.15) is 0 Å². The molecule has 0 aromatic carbocycles. The number of carbonyl (C=O) groups is 1. The molecule has 2 N–H and O–H groups in total.